The maximum atomic E-state index is 13.0. The molecule has 0 radical (unpaired) electrons. The van der Waals surface area contributed by atoms with Gasteiger partial charge in [-0.25, -0.2) is 8.78 Å². The summed E-state index contributed by atoms with van der Waals surface area (Å²) < 4.78 is 25.9. The molecule has 2 aromatic carbocycles. The van der Waals surface area contributed by atoms with Crippen molar-refractivity contribution in [2.45, 2.75) is 13.0 Å². The van der Waals surface area contributed by atoms with Gasteiger partial charge >= 0.3 is 0 Å². The summed E-state index contributed by atoms with van der Waals surface area (Å²) >= 11 is 0. The fourth-order valence-electron chi connectivity index (χ4n) is 2.97. The molecule has 0 spiro atoms. The zero-order valence-corrected chi connectivity index (χ0v) is 14.1. The summed E-state index contributed by atoms with van der Waals surface area (Å²) in [6.07, 6.45) is 0. The van der Waals surface area contributed by atoms with Gasteiger partial charge in [-0.1, -0.05) is 0 Å². The van der Waals surface area contributed by atoms with Gasteiger partial charge in [0.15, 0.2) is 0 Å². The van der Waals surface area contributed by atoms with E-state index in [4.69, 9.17) is 0 Å². The highest BCUT2D eigenvalue weighted by Gasteiger charge is 2.25. The van der Waals surface area contributed by atoms with E-state index in [0.717, 1.165) is 31.9 Å². The van der Waals surface area contributed by atoms with Crippen molar-refractivity contribution in [2.24, 2.45) is 0 Å². The summed E-state index contributed by atoms with van der Waals surface area (Å²) in [4.78, 5) is 16.7. The predicted molar refractivity (Wildman–Crippen MR) is 94.7 cm³/mol. The van der Waals surface area contributed by atoms with Gasteiger partial charge in [0.05, 0.1) is 6.04 Å². The highest BCUT2D eigenvalue weighted by atomic mass is 19.1. The molecule has 1 N–H and O–H groups in total. The van der Waals surface area contributed by atoms with Crippen molar-refractivity contribution in [2.75, 3.05) is 36.4 Å². The molecule has 2 aromatic rings. The van der Waals surface area contributed by atoms with Crippen molar-refractivity contribution in [3.63, 3.8) is 0 Å². The molecule has 1 heterocycles. The third kappa shape index (κ3) is 4.33. The first kappa shape index (κ1) is 17.4. The molecule has 0 bridgehead atoms. The van der Waals surface area contributed by atoms with Crippen LogP contribution >= 0.6 is 0 Å². The van der Waals surface area contributed by atoms with Gasteiger partial charge in [-0.3, -0.25) is 9.69 Å². The highest BCUT2D eigenvalue weighted by Crippen LogP contribution is 2.18. The molecule has 132 valence electrons. The van der Waals surface area contributed by atoms with Crippen LogP contribution in [0.2, 0.25) is 0 Å². The smallest absolute Gasteiger partial charge is 0.241 e. The fraction of sp³-hybridized carbons (Fsp3) is 0.316. The summed E-state index contributed by atoms with van der Waals surface area (Å²) in [5.74, 6) is -0.682. The molecule has 0 aliphatic carbocycles. The summed E-state index contributed by atoms with van der Waals surface area (Å²) in [5.41, 5.74) is 1.58. The molecule has 1 fully saturated rings. The molecule has 0 saturated carbocycles. The van der Waals surface area contributed by atoms with Gasteiger partial charge in [0.1, 0.15) is 11.6 Å². The zero-order chi connectivity index (χ0) is 17.8. The molecule has 1 saturated heterocycles. The van der Waals surface area contributed by atoms with Gasteiger partial charge in [0, 0.05) is 37.6 Å². The monoisotopic (exact) mass is 345 g/mol. The number of carbonyl (C=O) groups excluding carboxylic acids is 1. The Kier molecular flexibility index (Phi) is 5.28. The van der Waals surface area contributed by atoms with E-state index in [-0.39, 0.29) is 23.6 Å². The Balaban J connectivity index is 1.53. The van der Waals surface area contributed by atoms with Crippen LogP contribution in [0.1, 0.15) is 6.92 Å². The Morgan fingerprint density at radius 1 is 0.920 bits per heavy atom. The average Bonchev–Trinajstić information content (AvgIpc) is 2.64. The summed E-state index contributed by atoms with van der Waals surface area (Å²) in [6.45, 7) is 4.91. The minimum absolute atomic E-state index is 0.109. The standard InChI is InChI=1S/C19H21F2N3O/c1-14(19(25)22-17-6-2-15(20)3-7-17)23-10-12-24(13-11-23)18-8-4-16(21)5-9-18/h2-9,14H,10-13H2,1H3,(H,22,25)/t14-/m1/s1. The Labute approximate surface area is 146 Å². The van der Waals surface area contributed by atoms with Crippen LogP contribution in [0.4, 0.5) is 20.2 Å². The number of amides is 1. The number of rotatable bonds is 4. The van der Waals surface area contributed by atoms with Crippen LogP contribution in [0, 0.1) is 11.6 Å². The van der Waals surface area contributed by atoms with Crippen LogP contribution in [0.15, 0.2) is 48.5 Å². The van der Waals surface area contributed by atoms with Crippen molar-refractivity contribution in [1.82, 2.24) is 4.90 Å². The van der Waals surface area contributed by atoms with Gasteiger partial charge in [0.25, 0.3) is 0 Å². The number of carbonyl (C=O) groups is 1. The second-order valence-corrected chi connectivity index (χ2v) is 6.17. The number of hydrogen-bond donors (Lipinski definition) is 1. The Bertz CT molecular complexity index is 710. The molecule has 1 amide bonds. The quantitative estimate of drug-likeness (QED) is 0.925. The maximum absolute atomic E-state index is 13.0. The van der Waals surface area contributed by atoms with Gasteiger partial charge in [0.2, 0.25) is 5.91 Å². The molecule has 6 heteroatoms. The summed E-state index contributed by atoms with van der Waals surface area (Å²) in [7, 11) is 0. The van der Waals surface area contributed by atoms with Crippen LogP contribution in [-0.4, -0.2) is 43.0 Å². The fourth-order valence-corrected chi connectivity index (χ4v) is 2.97. The van der Waals surface area contributed by atoms with Crippen LogP contribution < -0.4 is 10.2 Å². The highest BCUT2D eigenvalue weighted by molar-refractivity contribution is 5.94. The SMILES string of the molecule is C[C@H](C(=O)Nc1ccc(F)cc1)N1CCN(c2ccc(F)cc2)CC1. The third-order valence-electron chi connectivity index (χ3n) is 4.54. The zero-order valence-electron chi connectivity index (χ0n) is 14.1. The lowest BCUT2D eigenvalue weighted by atomic mass is 10.2. The van der Waals surface area contributed by atoms with Crippen molar-refractivity contribution in [1.29, 1.82) is 0 Å². The number of nitrogens with one attached hydrogen (secondary N) is 1. The van der Waals surface area contributed by atoms with E-state index in [1.165, 1.54) is 24.3 Å². The van der Waals surface area contributed by atoms with Crippen molar-refractivity contribution in [3.05, 3.63) is 60.2 Å². The van der Waals surface area contributed by atoms with Crippen molar-refractivity contribution >= 4 is 17.3 Å². The van der Waals surface area contributed by atoms with Gasteiger partial charge in [-0.2, -0.15) is 0 Å². The number of nitrogens with zero attached hydrogens (tertiary/aromatic N) is 2. The summed E-state index contributed by atoms with van der Waals surface area (Å²) in [6, 6.07) is 11.9. The molecule has 1 atom stereocenters. The lowest BCUT2D eigenvalue weighted by Gasteiger charge is -2.38. The van der Waals surface area contributed by atoms with Crippen LogP contribution in [0.5, 0.6) is 0 Å². The number of halogens is 2. The lowest BCUT2D eigenvalue weighted by molar-refractivity contribution is -0.120. The maximum Gasteiger partial charge on any atom is 0.241 e. The third-order valence-corrected chi connectivity index (χ3v) is 4.54. The van der Waals surface area contributed by atoms with Gasteiger partial charge in [-0.05, 0) is 55.5 Å². The predicted octanol–water partition coefficient (Wildman–Crippen LogP) is 3.11. The Morgan fingerprint density at radius 2 is 1.44 bits per heavy atom. The second-order valence-electron chi connectivity index (χ2n) is 6.17. The van der Waals surface area contributed by atoms with Crippen molar-refractivity contribution < 1.29 is 13.6 Å². The molecule has 0 aromatic heterocycles. The molecule has 25 heavy (non-hydrogen) atoms. The average molecular weight is 345 g/mol. The van der Waals surface area contributed by atoms with Crippen LogP contribution in [-0.2, 0) is 4.79 Å². The number of piperazine rings is 1. The van der Waals surface area contributed by atoms with E-state index in [9.17, 15) is 13.6 Å². The normalized spacial score (nSPS) is 16.5. The van der Waals surface area contributed by atoms with E-state index in [0.29, 0.717) is 5.69 Å². The van der Waals surface area contributed by atoms with E-state index in [2.05, 4.69) is 15.1 Å². The van der Waals surface area contributed by atoms with Gasteiger partial charge < -0.3 is 10.2 Å². The molecular formula is C19H21F2N3O. The topological polar surface area (TPSA) is 35.6 Å². The number of anilines is 2. The van der Waals surface area contributed by atoms with Gasteiger partial charge in [-0.15, -0.1) is 0 Å². The molecule has 1 aliphatic heterocycles. The minimum atomic E-state index is -0.331. The Morgan fingerprint density at radius 3 is 2.00 bits per heavy atom. The van der Waals surface area contributed by atoms with Crippen LogP contribution in [0.3, 0.4) is 0 Å². The van der Waals surface area contributed by atoms with E-state index < -0.39 is 0 Å². The molecule has 1 aliphatic rings. The number of benzene rings is 2. The van der Waals surface area contributed by atoms with E-state index in [1.54, 1.807) is 24.3 Å². The van der Waals surface area contributed by atoms with Crippen LogP contribution in [0.25, 0.3) is 0 Å². The van der Waals surface area contributed by atoms with E-state index in [1.807, 2.05) is 6.92 Å². The second kappa shape index (κ2) is 7.61. The molecule has 3 rings (SSSR count). The first-order valence-corrected chi connectivity index (χ1v) is 8.34. The molecular weight excluding hydrogens is 324 g/mol. The minimum Gasteiger partial charge on any atom is -0.369 e. The lowest BCUT2D eigenvalue weighted by Crippen LogP contribution is -2.52. The largest absolute Gasteiger partial charge is 0.369 e. The number of hydrogen-bond acceptors (Lipinski definition) is 3. The molecule has 4 nitrogen and oxygen atoms in total. The first-order chi connectivity index (χ1) is 12.0. The van der Waals surface area contributed by atoms with E-state index >= 15 is 0 Å². The first-order valence-electron chi connectivity index (χ1n) is 8.34. The summed E-state index contributed by atoms with van der Waals surface area (Å²) in [5, 5.41) is 2.81. The molecule has 0 unspecified atom stereocenters. The van der Waals surface area contributed by atoms with Crippen molar-refractivity contribution in [3.8, 4) is 0 Å². The Hall–Kier alpha value is -2.47.